The fraction of sp³-hybridized carbons (Fsp3) is 0.500. The molecule has 1 aliphatic heterocycles. The van der Waals surface area contributed by atoms with E-state index >= 15 is 0 Å². The van der Waals surface area contributed by atoms with E-state index in [1.54, 1.807) is 0 Å². The topological polar surface area (TPSA) is 22.0 Å². The van der Waals surface area contributed by atoms with Crippen LogP contribution in [0, 0.1) is 6.92 Å². The minimum absolute atomic E-state index is 0.201. The number of hydrogen-bond acceptors (Lipinski definition) is 1. The minimum Gasteiger partial charge on any atom is -0.312 e. The van der Waals surface area contributed by atoms with Gasteiger partial charge in [0.1, 0.15) is 0 Å². The van der Waals surface area contributed by atoms with Crippen molar-refractivity contribution < 1.29 is 13.2 Å². The molecule has 0 spiro atoms. The van der Waals surface area contributed by atoms with Crippen LogP contribution in [0.1, 0.15) is 23.2 Å². The molecule has 1 aliphatic rings. The molecule has 0 saturated heterocycles. The van der Waals surface area contributed by atoms with Gasteiger partial charge in [0.25, 0.3) is 5.56 Å². The first-order valence-corrected chi connectivity index (χ1v) is 4.72. The normalized spacial score (nSPS) is 15.5. The molecule has 0 atom stereocenters. The number of halogens is 3. The van der Waals surface area contributed by atoms with Gasteiger partial charge in [-0.2, -0.15) is 13.2 Å². The summed E-state index contributed by atoms with van der Waals surface area (Å²) in [5, 5.41) is 0. The van der Waals surface area contributed by atoms with Gasteiger partial charge in [-0.15, -0.1) is 0 Å². The third kappa shape index (κ3) is 1.56. The van der Waals surface area contributed by atoms with Crippen LogP contribution in [0.5, 0.6) is 0 Å². The number of pyridine rings is 1. The summed E-state index contributed by atoms with van der Waals surface area (Å²) in [7, 11) is 0. The van der Waals surface area contributed by atoms with Crippen LogP contribution in [-0.2, 0) is 19.1 Å². The van der Waals surface area contributed by atoms with Crippen molar-refractivity contribution in [1.29, 1.82) is 0 Å². The average molecular weight is 217 g/mol. The predicted molar refractivity (Wildman–Crippen MR) is 48.8 cm³/mol. The second-order valence-electron chi connectivity index (χ2n) is 3.73. The number of aromatic nitrogens is 1. The molecule has 0 fully saturated rings. The lowest BCUT2D eigenvalue weighted by Crippen LogP contribution is -2.26. The highest BCUT2D eigenvalue weighted by Gasteiger charge is 2.35. The van der Waals surface area contributed by atoms with E-state index in [2.05, 4.69) is 0 Å². The van der Waals surface area contributed by atoms with Crippen molar-refractivity contribution in [2.45, 2.75) is 32.5 Å². The van der Waals surface area contributed by atoms with E-state index in [0.29, 0.717) is 18.7 Å². The van der Waals surface area contributed by atoms with Crippen molar-refractivity contribution in [3.63, 3.8) is 0 Å². The first-order chi connectivity index (χ1) is 6.91. The van der Waals surface area contributed by atoms with Gasteiger partial charge in [0, 0.05) is 17.8 Å². The molecule has 0 N–H and O–H groups in total. The maximum atomic E-state index is 12.5. The average Bonchev–Trinajstić information content (AvgIpc) is 2.57. The summed E-state index contributed by atoms with van der Waals surface area (Å²) in [6.45, 7) is 1.77. The van der Waals surface area contributed by atoms with Crippen LogP contribution < -0.4 is 5.56 Å². The maximum absolute atomic E-state index is 12.5. The standard InChI is InChI=1S/C10H10F3NO/c1-6-8(10(11,12)13)5-7-3-2-4-14(7)9(6)15/h5H,2-4H2,1H3. The smallest absolute Gasteiger partial charge is 0.312 e. The first kappa shape index (κ1) is 10.3. The van der Waals surface area contributed by atoms with Gasteiger partial charge in [-0.1, -0.05) is 0 Å². The molecule has 0 saturated carbocycles. The molecule has 0 unspecified atom stereocenters. The Morgan fingerprint density at radius 2 is 2.07 bits per heavy atom. The Morgan fingerprint density at radius 1 is 1.40 bits per heavy atom. The molecule has 2 rings (SSSR count). The monoisotopic (exact) mass is 217 g/mol. The first-order valence-electron chi connectivity index (χ1n) is 4.72. The number of hydrogen-bond donors (Lipinski definition) is 0. The second kappa shape index (κ2) is 3.12. The Kier molecular flexibility index (Phi) is 2.13. The lowest BCUT2D eigenvalue weighted by molar-refractivity contribution is -0.138. The van der Waals surface area contributed by atoms with Crippen LogP contribution in [0.25, 0.3) is 0 Å². The van der Waals surface area contributed by atoms with Crippen LogP contribution in [0.3, 0.4) is 0 Å². The van der Waals surface area contributed by atoms with Gasteiger partial charge in [-0.3, -0.25) is 4.79 Å². The molecule has 82 valence electrons. The fourth-order valence-corrected chi connectivity index (χ4v) is 1.97. The van der Waals surface area contributed by atoms with Crippen molar-refractivity contribution in [2.75, 3.05) is 0 Å². The predicted octanol–water partition coefficient (Wildman–Crippen LogP) is 2.12. The molecular formula is C10H10F3NO. The van der Waals surface area contributed by atoms with E-state index in [9.17, 15) is 18.0 Å². The van der Waals surface area contributed by atoms with Crippen molar-refractivity contribution in [3.05, 3.63) is 33.2 Å². The summed E-state index contributed by atoms with van der Waals surface area (Å²) in [5.41, 5.74) is -0.996. The Morgan fingerprint density at radius 3 is 2.67 bits per heavy atom. The highest BCUT2D eigenvalue weighted by Crippen LogP contribution is 2.32. The van der Waals surface area contributed by atoms with Gasteiger partial charge in [-0.25, -0.2) is 0 Å². The van der Waals surface area contributed by atoms with Gasteiger partial charge in [-0.05, 0) is 25.8 Å². The number of nitrogens with zero attached hydrogens (tertiary/aromatic N) is 1. The van der Waals surface area contributed by atoms with E-state index in [0.717, 1.165) is 12.5 Å². The molecule has 2 heterocycles. The van der Waals surface area contributed by atoms with Crippen LogP contribution in [-0.4, -0.2) is 4.57 Å². The van der Waals surface area contributed by atoms with Crippen LogP contribution in [0.15, 0.2) is 10.9 Å². The lowest BCUT2D eigenvalue weighted by Gasteiger charge is -2.12. The summed E-state index contributed by atoms with van der Waals surface area (Å²) < 4.78 is 39.1. The molecule has 0 bridgehead atoms. The summed E-state index contributed by atoms with van der Waals surface area (Å²) in [5.74, 6) is 0. The summed E-state index contributed by atoms with van der Waals surface area (Å²) in [6.07, 6.45) is -3.13. The highest BCUT2D eigenvalue weighted by atomic mass is 19.4. The van der Waals surface area contributed by atoms with Crippen molar-refractivity contribution in [2.24, 2.45) is 0 Å². The van der Waals surface area contributed by atoms with E-state index in [-0.39, 0.29) is 5.56 Å². The van der Waals surface area contributed by atoms with Gasteiger partial charge in [0.2, 0.25) is 0 Å². The van der Waals surface area contributed by atoms with Gasteiger partial charge in [0.15, 0.2) is 0 Å². The van der Waals surface area contributed by atoms with Gasteiger partial charge < -0.3 is 4.57 Å². The zero-order valence-corrected chi connectivity index (χ0v) is 8.19. The molecule has 1 aromatic heterocycles. The quantitative estimate of drug-likeness (QED) is 0.652. The zero-order valence-electron chi connectivity index (χ0n) is 8.19. The molecule has 0 radical (unpaired) electrons. The maximum Gasteiger partial charge on any atom is 0.416 e. The van der Waals surface area contributed by atoms with E-state index in [1.807, 2.05) is 0 Å². The molecule has 0 aromatic carbocycles. The summed E-state index contributed by atoms with van der Waals surface area (Å²) >= 11 is 0. The lowest BCUT2D eigenvalue weighted by atomic mass is 10.1. The zero-order chi connectivity index (χ0) is 11.2. The molecular weight excluding hydrogens is 207 g/mol. The van der Waals surface area contributed by atoms with Crippen molar-refractivity contribution in [3.8, 4) is 0 Å². The van der Waals surface area contributed by atoms with Gasteiger partial charge in [0.05, 0.1) is 5.56 Å². The number of alkyl halides is 3. The van der Waals surface area contributed by atoms with Crippen molar-refractivity contribution in [1.82, 2.24) is 4.57 Å². The van der Waals surface area contributed by atoms with Gasteiger partial charge >= 0.3 is 6.18 Å². The second-order valence-corrected chi connectivity index (χ2v) is 3.73. The van der Waals surface area contributed by atoms with Crippen molar-refractivity contribution >= 4 is 0 Å². The summed E-state index contributed by atoms with van der Waals surface area (Å²) in [4.78, 5) is 11.6. The molecule has 2 nitrogen and oxygen atoms in total. The third-order valence-corrected chi connectivity index (χ3v) is 2.75. The van der Waals surface area contributed by atoms with E-state index in [4.69, 9.17) is 0 Å². The van der Waals surface area contributed by atoms with Crippen LogP contribution in [0.2, 0.25) is 0 Å². The number of fused-ring (bicyclic) bond motifs is 1. The Labute approximate surface area is 84.3 Å². The molecule has 0 aliphatic carbocycles. The Balaban J connectivity index is 2.70. The molecule has 1 aromatic rings. The molecule has 5 heteroatoms. The highest BCUT2D eigenvalue weighted by molar-refractivity contribution is 5.30. The van der Waals surface area contributed by atoms with Crippen LogP contribution in [0.4, 0.5) is 13.2 Å². The largest absolute Gasteiger partial charge is 0.416 e. The SMILES string of the molecule is Cc1c(C(F)(F)F)cc2n(c1=O)CCC2. The number of rotatable bonds is 0. The minimum atomic E-state index is -4.43. The number of aryl methyl sites for hydroxylation is 1. The van der Waals surface area contributed by atoms with E-state index < -0.39 is 17.3 Å². The Bertz CT molecular complexity index is 459. The molecule has 15 heavy (non-hydrogen) atoms. The van der Waals surface area contributed by atoms with Crippen LogP contribution >= 0.6 is 0 Å². The Hall–Kier alpha value is -1.26. The summed E-state index contributed by atoms with van der Waals surface area (Å²) in [6, 6.07) is 1.10. The van der Waals surface area contributed by atoms with E-state index in [1.165, 1.54) is 11.5 Å². The third-order valence-electron chi connectivity index (χ3n) is 2.75. The fourth-order valence-electron chi connectivity index (χ4n) is 1.97. The molecule has 0 amide bonds.